The van der Waals surface area contributed by atoms with Crippen LogP contribution < -0.4 is 15.2 Å². The number of nitrogens with zero attached hydrogens (tertiary/aromatic N) is 1. The fraction of sp³-hybridized carbons (Fsp3) is 0.312. The van der Waals surface area contributed by atoms with Crippen molar-refractivity contribution in [3.05, 3.63) is 53.3 Å². The summed E-state index contributed by atoms with van der Waals surface area (Å²) in [6.45, 7) is 2.10. The van der Waals surface area contributed by atoms with Crippen LogP contribution in [0.4, 0.5) is 0 Å². The summed E-state index contributed by atoms with van der Waals surface area (Å²) in [5, 5.41) is 0. The maximum Gasteiger partial charge on any atom is 0.122 e. The maximum absolute atomic E-state index is 6.40. The minimum Gasteiger partial charge on any atom is -0.497 e. The van der Waals surface area contributed by atoms with Crippen LogP contribution in [0, 0.1) is 0 Å². The van der Waals surface area contributed by atoms with Gasteiger partial charge in [0.2, 0.25) is 0 Å². The van der Waals surface area contributed by atoms with E-state index in [1.165, 1.54) is 0 Å². The Hall–Kier alpha value is -2.07. The van der Waals surface area contributed by atoms with Gasteiger partial charge in [-0.2, -0.15) is 0 Å². The number of methoxy groups -OCH3 is 2. The summed E-state index contributed by atoms with van der Waals surface area (Å²) >= 11 is 0. The molecule has 0 spiro atoms. The van der Waals surface area contributed by atoms with Gasteiger partial charge in [0, 0.05) is 18.5 Å². The lowest BCUT2D eigenvalue weighted by Crippen LogP contribution is -2.14. The molecule has 106 valence electrons. The van der Waals surface area contributed by atoms with Crippen LogP contribution in [0.1, 0.15) is 29.7 Å². The van der Waals surface area contributed by atoms with Crippen LogP contribution in [-0.4, -0.2) is 19.2 Å². The van der Waals surface area contributed by atoms with Crippen molar-refractivity contribution in [2.45, 2.75) is 19.4 Å². The van der Waals surface area contributed by atoms with Crippen molar-refractivity contribution in [2.75, 3.05) is 14.2 Å². The van der Waals surface area contributed by atoms with Gasteiger partial charge in [-0.3, -0.25) is 4.98 Å². The molecule has 1 atom stereocenters. The zero-order chi connectivity index (χ0) is 14.5. The van der Waals surface area contributed by atoms with E-state index in [1.807, 2.05) is 30.5 Å². The number of ether oxygens (including phenoxy) is 2. The zero-order valence-corrected chi connectivity index (χ0v) is 12.1. The second-order valence-electron chi connectivity index (χ2n) is 4.55. The van der Waals surface area contributed by atoms with E-state index in [1.54, 1.807) is 20.4 Å². The Morgan fingerprint density at radius 2 is 1.80 bits per heavy atom. The fourth-order valence-electron chi connectivity index (χ4n) is 2.23. The van der Waals surface area contributed by atoms with Gasteiger partial charge >= 0.3 is 0 Å². The Kier molecular flexibility index (Phi) is 4.58. The molecule has 0 aliphatic carbocycles. The van der Waals surface area contributed by atoms with E-state index in [9.17, 15) is 0 Å². The van der Waals surface area contributed by atoms with Crippen molar-refractivity contribution in [1.29, 1.82) is 0 Å². The average molecular weight is 272 g/mol. The van der Waals surface area contributed by atoms with E-state index < -0.39 is 0 Å². The number of nitrogens with two attached hydrogens (primary N) is 1. The lowest BCUT2D eigenvalue weighted by Gasteiger charge is -2.17. The Morgan fingerprint density at radius 1 is 1.15 bits per heavy atom. The first kappa shape index (κ1) is 14.3. The van der Waals surface area contributed by atoms with Gasteiger partial charge < -0.3 is 15.2 Å². The minimum atomic E-state index is -0.225. The van der Waals surface area contributed by atoms with Crippen LogP contribution in [0.15, 0.2) is 36.7 Å². The van der Waals surface area contributed by atoms with E-state index in [0.29, 0.717) is 0 Å². The van der Waals surface area contributed by atoms with Gasteiger partial charge in [0.15, 0.2) is 0 Å². The number of rotatable bonds is 5. The van der Waals surface area contributed by atoms with Gasteiger partial charge in [-0.1, -0.05) is 6.92 Å². The summed E-state index contributed by atoms with van der Waals surface area (Å²) in [4.78, 5) is 4.15. The molecule has 0 fully saturated rings. The normalized spacial score (nSPS) is 12.0. The lowest BCUT2D eigenvalue weighted by atomic mass is 9.95. The topological polar surface area (TPSA) is 57.4 Å². The monoisotopic (exact) mass is 272 g/mol. The van der Waals surface area contributed by atoms with Gasteiger partial charge in [-0.15, -0.1) is 0 Å². The SMILES string of the molecule is CCc1cnccc1C(N)c1cc(OC)cc(OC)c1. The predicted octanol–water partition coefficient (Wildman–Crippen LogP) is 2.71. The van der Waals surface area contributed by atoms with Crippen LogP contribution in [0.2, 0.25) is 0 Å². The molecule has 0 radical (unpaired) electrons. The van der Waals surface area contributed by atoms with Crippen molar-refractivity contribution < 1.29 is 9.47 Å². The van der Waals surface area contributed by atoms with E-state index in [2.05, 4.69) is 11.9 Å². The number of aryl methyl sites for hydroxylation is 1. The van der Waals surface area contributed by atoms with E-state index in [4.69, 9.17) is 15.2 Å². The minimum absolute atomic E-state index is 0.225. The summed E-state index contributed by atoms with van der Waals surface area (Å²) < 4.78 is 10.6. The molecule has 2 rings (SSSR count). The molecule has 4 nitrogen and oxygen atoms in total. The number of pyridine rings is 1. The highest BCUT2D eigenvalue weighted by Gasteiger charge is 2.14. The molecule has 1 aromatic heterocycles. The van der Waals surface area contributed by atoms with Crippen LogP contribution in [-0.2, 0) is 6.42 Å². The molecule has 4 heteroatoms. The van der Waals surface area contributed by atoms with Crippen molar-refractivity contribution >= 4 is 0 Å². The lowest BCUT2D eigenvalue weighted by molar-refractivity contribution is 0.393. The number of benzene rings is 1. The summed E-state index contributed by atoms with van der Waals surface area (Å²) in [6, 6.07) is 7.45. The van der Waals surface area contributed by atoms with E-state index in [-0.39, 0.29) is 6.04 Å². The fourth-order valence-corrected chi connectivity index (χ4v) is 2.23. The highest BCUT2D eigenvalue weighted by Crippen LogP contribution is 2.29. The highest BCUT2D eigenvalue weighted by atomic mass is 16.5. The molecule has 2 N–H and O–H groups in total. The summed E-state index contributed by atoms with van der Waals surface area (Å²) in [5.41, 5.74) is 9.60. The first-order valence-corrected chi connectivity index (χ1v) is 6.61. The number of aromatic nitrogens is 1. The molecule has 20 heavy (non-hydrogen) atoms. The molecule has 1 heterocycles. The van der Waals surface area contributed by atoms with E-state index in [0.717, 1.165) is 34.6 Å². The Labute approximate surface area is 119 Å². The molecular formula is C16H20N2O2. The summed E-state index contributed by atoms with van der Waals surface area (Å²) in [5.74, 6) is 1.48. The van der Waals surface area contributed by atoms with Crippen LogP contribution in [0.5, 0.6) is 11.5 Å². The second-order valence-corrected chi connectivity index (χ2v) is 4.55. The van der Waals surface area contributed by atoms with Gasteiger partial charge in [0.05, 0.1) is 20.3 Å². The molecule has 0 aliphatic rings. The van der Waals surface area contributed by atoms with Crippen molar-refractivity contribution in [1.82, 2.24) is 4.98 Å². The molecule has 0 saturated heterocycles. The Balaban J connectivity index is 2.44. The maximum atomic E-state index is 6.40. The average Bonchev–Trinajstić information content (AvgIpc) is 2.53. The smallest absolute Gasteiger partial charge is 0.122 e. The molecular weight excluding hydrogens is 252 g/mol. The summed E-state index contributed by atoms with van der Waals surface area (Å²) in [6.07, 6.45) is 4.54. The highest BCUT2D eigenvalue weighted by molar-refractivity contribution is 5.44. The number of hydrogen-bond acceptors (Lipinski definition) is 4. The van der Waals surface area contributed by atoms with Crippen LogP contribution in [0.3, 0.4) is 0 Å². The van der Waals surface area contributed by atoms with Gasteiger partial charge in [0.1, 0.15) is 11.5 Å². The number of hydrogen-bond donors (Lipinski definition) is 1. The van der Waals surface area contributed by atoms with Crippen molar-refractivity contribution in [2.24, 2.45) is 5.73 Å². The van der Waals surface area contributed by atoms with Crippen molar-refractivity contribution in [3.63, 3.8) is 0 Å². The van der Waals surface area contributed by atoms with Gasteiger partial charge in [-0.25, -0.2) is 0 Å². The summed E-state index contributed by atoms with van der Waals surface area (Å²) in [7, 11) is 3.27. The third-order valence-corrected chi connectivity index (χ3v) is 3.39. The van der Waals surface area contributed by atoms with Crippen LogP contribution >= 0.6 is 0 Å². The zero-order valence-electron chi connectivity index (χ0n) is 12.1. The van der Waals surface area contributed by atoms with Gasteiger partial charge in [-0.05, 0) is 41.3 Å². The molecule has 0 aliphatic heterocycles. The first-order chi connectivity index (χ1) is 9.69. The quantitative estimate of drug-likeness (QED) is 0.909. The molecule has 1 aromatic carbocycles. The van der Waals surface area contributed by atoms with E-state index >= 15 is 0 Å². The Bertz CT molecular complexity index is 562. The third kappa shape index (κ3) is 2.91. The molecule has 0 saturated carbocycles. The van der Waals surface area contributed by atoms with Crippen molar-refractivity contribution in [3.8, 4) is 11.5 Å². The Morgan fingerprint density at radius 3 is 2.35 bits per heavy atom. The second kappa shape index (κ2) is 6.39. The molecule has 0 amide bonds. The molecule has 2 aromatic rings. The van der Waals surface area contributed by atoms with Gasteiger partial charge in [0.25, 0.3) is 0 Å². The molecule has 0 bridgehead atoms. The predicted molar refractivity (Wildman–Crippen MR) is 79.2 cm³/mol. The van der Waals surface area contributed by atoms with Crippen LogP contribution in [0.25, 0.3) is 0 Å². The largest absolute Gasteiger partial charge is 0.497 e. The third-order valence-electron chi connectivity index (χ3n) is 3.39. The molecule has 1 unspecified atom stereocenters. The first-order valence-electron chi connectivity index (χ1n) is 6.61. The standard InChI is InChI=1S/C16H20N2O2/c1-4-11-10-18-6-5-15(11)16(17)12-7-13(19-2)9-14(8-12)20-3/h5-10,16H,4,17H2,1-3H3.